The molecule has 0 aliphatic carbocycles. The molecule has 1 aliphatic rings. The maximum Gasteiger partial charge on any atom is 0.249 e. The van der Waals surface area contributed by atoms with Crippen molar-refractivity contribution in [2.75, 3.05) is 25.0 Å². The minimum absolute atomic E-state index is 0.00929. The lowest BCUT2D eigenvalue weighted by Crippen LogP contribution is -2.42. The highest BCUT2D eigenvalue weighted by Gasteiger charge is 2.35. The standard InChI is InChI=1S/C20H27N3O5S/c1-13-7-5-9-18(14(13)2)21-19(24)12-23(11-17-8-6-10-27-17)29(25,26)20-15(3)22-28-16(20)4/h5,7,9,17H,6,8,10-12H2,1-4H3,(H,21,24)/t17-/m1/s1. The van der Waals surface area contributed by atoms with E-state index in [4.69, 9.17) is 9.26 Å². The monoisotopic (exact) mass is 421 g/mol. The predicted molar refractivity (Wildman–Crippen MR) is 108 cm³/mol. The topological polar surface area (TPSA) is 102 Å². The Morgan fingerprint density at radius 3 is 2.66 bits per heavy atom. The maximum atomic E-state index is 13.3. The second-order valence-corrected chi connectivity index (χ2v) is 9.26. The zero-order valence-corrected chi connectivity index (χ0v) is 18.0. The van der Waals surface area contributed by atoms with E-state index in [1.165, 1.54) is 0 Å². The number of aromatic nitrogens is 1. The van der Waals surface area contributed by atoms with Crippen molar-refractivity contribution in [3.05, 3.63) is 40.8 Å². The van der Waals surface area contributed by atoms with Crippen molar-refractivity contribution in [3.63, 3.8) is 0 Å². The summed E-state index contributed by atoms with van der Waals surface area (Å²) in [5.74, 6) is -0.207. The zero-order valence-electron chi connectivity index (χ0n) is 17.2. The predicted octanol–water partition coefficient (Wildman–Crippen LogP) is 2.72. The van der Waals surface area contributed by atoms with Gasteiger partial charge in [-0.05, 0) is 57.7 Å². The fraction of sp³-hybridized carbons (Fsp3) is 0.500. The van der Waals surface area contributed by atoms with Gasteiger partial charge in [0.1, 0.15) is 10.6 Å². The van der Waals surface area contributed by atoms with E-state index in [9.17, 15) is 13.2 Å². The highest BCUT2D eigenvalue weighted by Crippen LogP contribution is 2.25. The van der Waals surface area contributed by atoms with Crippen LogP contribution in [0.1, 0.15) is 35.4 Å². The van der Waals surface area contributed by atoms with E-state index in [2.05, 4.69) is 10.5 Å². The molecule has 0 saturated carbocycles. The van der Waals surface area contributed by atoms with Gasteiger partial charge in [0, 0.05) is 18.8 Å². The fourth-order valence-electron chi connectivity index (χ4n) is 3.47. The largest absolute Gasteiger partial charge is 0.377 e. The summed E-state index contributed by atoms with van der Waals surface area (Å²) in [7, 11) is -3.98. The van der Waals surface area contributed by atoms with Gasteiger partial charge in [0.2, 0.25) is 15.9 Å². The van der Waals surface area contributed by atoms with Crippen LogP contribution in [0.15, 0.2) is 27.6 Å². The van der Waals surface area contributed by atoms with Gasteiger partial charge in [0.05, 0.1) is 12.6 Å². The van der Waals surface area contributed by atoms with E-state index in [0.29, 0.717) is 12.3 Å². The molecular weight excluding hydrogens is 394 g/mol. The number of sulfonamides is 1. The van der Waals surface area contributed by atoms with E-state index in [1.54, 1.807) is 19.9 Å². The van der Waals surface area contributed by atoms with Crippen molar-refractivity contribution in [3.8, 4) is 0 Å². The first kappa shape index (κ1) is 21.5. The van der Waals surface area contributed by atoms with Crippen molar-refractivity contribution in [1.29, 1.82) is 0 Å². The fourth-order valence-corrected chi connectivity index (χ4v) is 5.19. The number of aryl methyl sites for hydroxylation is 3. The maximum absolute atomic E-state index is 13.3. The molecule has 8 nitrogen and oxygen atoms in total. The lowest BCUT2D eigenvalue weighted by Gasteiger charge is -2.24. The van der Waals surface area contributed by atoms with E-state index in [0.717, 1.165) is 28.3 Å². The number of hydrogen-bond donors (Lipinski definition) is 1. The molecule has 1 N–H and O–H groups in total. The summed E-state index contributed by atoms with van der Waals surface area (Å²) in [4.78, 5) is 12.8. The van der Waals surface area contributed by atoms with Gasteiger partial charge in [0.25, 0.3) is 0 Å². The first-order chi connectivity index (χ1) is 13.7. The van der Waals surface area contributed by atoms with Crippen molar-refractivity contribution >= 4 is 21.6 Å². The molecule has 1 aliphatic heterocycles. The molecule has 1 aromatic carbocycles. The number of benzene rings is 1. The number of hydrogen-bond acceptors (Lipinski definition) is 6. The number of anilines is 1. The van der Waals surface area contributed by atoms with Gasteiger partial charge in [-0.3, -0.25) is 4.79 Å². The number of carbonyl (C=O) groups is 1. The van der Waals surface area contributed by atoms with Crippen LogP contribution in [0.2, 0.25) is 0 Å². The molecule has 1 fully saturated rings. The number of nitrogens with zero attached hydrogens (tertiary/aromatic N) is 2. The number of ether oxygens (including phenoxy) is 1. The number of amides is 1. The molecule has 0 spiro atoms. The van der Waals surface area contributed by atoms with Gasteiger partial charge < -0.3 is 14.6 Å². The summed E-state index contributed by atoms with van der Waals surface area (Å²) >= 11 is 0. The molecule has 0 bridgehead atoms. The first-order valence-corrected chi connectivity index (χ1v) is 11.0. The average Bonchev–Trinajstić information content (AvgIpc) is 3.28. The summed E-state index contributed by atoms with van der Waals surface area (Å²) < 4.78 is 38.5. The van der Waals surface area contributed by atoms with Crippen LogP contribution in [0.3, 0.4) is 0 Å². The van der Waals surface area contributed by atoms with Crippen LogP contribution in [0.5, 0.6) is 0 Å². The molecule has 3 rings (SSSR count). The second kappa shape index (κ2) is 8.64. The third kappa shape index (κ3) is 4.68. The number of rotatable bonds is 7. The van der Waals surface area contributed by atoms with Crippen LogP contribution in [-0.2, 0) is 19.6 Å². The molecule has 2 aromatic rings. The molecule has 1 aromatic heterocycles. The molecule has 1 amide bonds. The third-order valence-electron chi connectivity index (χ3n) is 5.20. The minimum Gasteiger partial charge on any atom is -0.377 e. The van der Waals surface area contributed by atoms with Crippen LogP contribution in [0.4, 0.5) is 5.69 Å². The van der Waals surface area contributed by atoms with Gasteiger partial charge in [-0.15, -0.1) is 0 Å². The lowest BCUT2D eigenvalue weighted by molar-refractivity contribution is -0.116. The molecule has 1 atom stereocenters. The van der Waals surface area contributed by atoms with Crippen molar-refractivity contribution in [1.82, 2.24) is 9.46 Å². The average molecular weight is 422 g/mol. The van der Waals surface area contributed by atoms with Crippen molar-refractivity contribution < 1.29 is 22.5 Å². The normalized spacial score (nSPS) is 17.1. The second-order valence-electron chi connectivity index (χ2n) is 7.38. The Balaban J connectivity index is 1.85. The summed E-state index contributed by atoms with van der Waals surface area (Å²) in [6.07, 6.45) is 1.39. The van der Waals surface area contributed by atoms with Gasteiger partial charge in [0.15, 0.2) is 5.76 Å². The first-order valence-electron chi connectivity index (χ1n) is 9.61. The van der Waals surface area contributed by atoms with Gasteiger partial charge in [-0.2, -0.15) is 4.31 Å². The van der Waals surface area contributed by atoms with Gasteiger partial charge in [-0.25, -0.2) is 8.42 Å². The molecular formula is C20H27N3O5S. The molecule has 0 unspecified atom stereocenters. The van der Waals surface area contributed by atoms with E-state index in [-0.39, 0.29) is 35.5 Å². The van der Waals surface area contributed by atoms with E-state index < -0.39 is 15.9 Å². The van der Waals surface area contributed by atoms with Crippen LogP contribution < -0.4 is 5.32 Å². The van der Waals surface area contributed by atoms with Crippen LogP contribution in [0.25, 0.3) is 0 Å². The van der Waals surface area contributed by atoms with Crippen molar-refractivity contribution in [2.45, 2.75) is 51.5 Å². The summed E-state index contributed by atoms with van der Waals surface area (Å²) in [5, 5.41) is 6.58. The molecule has 1 saturated heterocycles. The molecule has 29 heavy (non-hydrogen) atoms. The highest BCUT2D eigenvalue weighted by atomic mass is 32.2. The Labute approximate surface area is 171 Å². The zero-order chi connectivity index (χ0) is 21.2. The Morgan fingerprint density at radius 1 is 1.28 bits per heavy atom. The molecule has 9 heteroatoms. The summed E-state index contributed by atoms with van der Waals surface area (Å²) in [6, 6.07) is 5.60. The third-order valence-corrected chi connectivity index (χ3v) is 7.25. The minimum atomic E-state index is -3.98. The van der Waals surface area contributed by atoms with Crippen LogP contribution in [0, 0.1) is 27.7 Å². The molecule has 0 radical (unpaired) electrons. The highest BCUT2D eigenvalue weighted by molar-refractivity contribution is 7.89. The Hall–Kier alpha value is -2.23. The van der Waals surface area contributed by atoms with Gasteiger partial charge >= 0.3 is 0 Å². The van der Waals surface area contributed by atoms with Crippen LogP contribution in [-0.4, -0.2) is 49.6 Å². The Bertz CT molecular complexity index is 974. The Kier molecular flexibility index (Phi) is 6.40. The lowest BCUT2D eigenvalue weighted by atomic mass is 10.1. The van der Waals surface area contributed by atoms with E-state index in [1.807, 2.05) is 26.0 Å². The number of carbonyl (C=O) groups excluding carboxylic acids is 1. The molecule has 158 valence electrons. The Morgan fingerprint density at radius 2 is 2.03 bits per heavy atom. The van der Waals surface area contributed by atoms with Gasteiger partial charge in [-0.1, -0.05) is 17.3 Å². The van der Waals surface area contributed by atoms with Crippen LogP contribution >= 0.6 is 0 Å². The molecule has 2 heterocycles. The summed E-state index contributed by atoms with van der Waals surface area (Å²) in [5.41, 5.74) is 2.93. The SMILES string of the molecule is Cc1cccc(NC(=O)CN(C[C@H]2CCCO2)S(=O)(=O)c2c(C)noc2C)c1C. The van der Waals surface area contributed by atoms with Crippen molar-refractivity contribution in [2.24, 2.45) is 0 Å². The smallest absolute Gasteiger partial charge is 0.249 e. The number of nitrogens with one attached hydrogen (secondary N) is 1. The quantitative estimate of drug-likeness (QED) is 0.738. The summed E-state index contributed by atoms with van der Waals surface area (Å²) in [6.45, 7) is 7.37. The van der Waals surface area contributed by atoms with E-state index >= 15 is 0 Å².